The van der Waals surface area contributed by atoms with Gasteiger partial charge in [-0.25, -0.2) is 5.01 Å². The molecule has 142 valence electrons. The normalized spacial score (nSPS) is 13.9. The van der Waals surface area contributed by atoms with Gasteiger partial charge in [-0.3, -0.25) is 4.79 Å². The van der Waals surface area contributed by atoms with E-state index in [-0.39, 0.29) is 12.3 Å². The molecule has 0 saturated heterocycles. The molecule has 0 unspecified atom stereocenters. The highest BCUT2D eigenvalue weighted by Crippen LogP contribution is 2.29. The molecular formula is C21H25N3O3. The Bertz CT molecular complexity index is 848. The van der Waals surface area contributed by atoms with E-state index in [0.717, 1.165) is 29.7 Å². The van der Waals surface area contributed by atoms with Gasteiger partial charge in [-0.15, -0.1) is 0 Å². The van der Waals surface area contributed by atoms with E-state index in [1.807, 2.05) is 49.4 Å². The summed E-state index contributed by atoms with van der Waals surface area (Å²) in [7, 11) is 1.62. The van der Waals surface area contributed by atoms with Crippen molar-refractivity contribution < 1.29 is 14.3 Å². The van der Waals surface area contributed by atoms with Gasteiger partial charge in [0.25, 0.3) is 0 Å². The molecule has 0 aromatic heterocycles. The number of methoxy groups -OCH3 is 1. The van der Waals surface area contributed by atoms with Crippen LogP contribution in [0, 0.1) is 0 Å². The molecule has 0 bridgehead atoms. The SMILES string of the molecule is CCOc1cc(C2=NN(C(=O)Cc3cccc(N)c3)CCC2)ccc1OC. The first-order valence-electron chi connectivity index (χ1n) is 9.14. The van der Waals surface area contributed by atoms with Crippen LogP contribution in [0.5, 0.6) is 11.5 Å². The standard InChI is InChI=1S/C21H25N3O3/c1-3-27-20-14-16(9-10-19(20)26-2)18-8-5-11-24(23-18)21(25)13-15-6-4-7-17(22)12-15/h4,6-7,9-10,12,14H,3,5,8,11,13,22H2,1-2H3. The zero-order chi connectivity index (χ0) is 19.2. The summed E-state index contributed by atoms with van der Waals surface area (Å²) in [4.78, 5) is 12.7. The number of nitrogens with zero attached hydrogens (tertiary/aromatic N) is 2. The number of rotatable bonds is 6. The Hall–Kier alpha value is -3.02. The molecule has 0 spiro atoms. The van der Waals surface area contributed by atoms with Crippen LogP contribution in [0.4, 0.5) is 5.69 Å². The smallest absolute Gasteiger partial charge is 0.247 e. The number of benzene rings is 2. The predicted molar refractivity (Wildman–Crippen MR) is 106 cm³/mol. The molecule has 2 aromatic carbocycles. The summed E-state index contributed by atoms with van der Waals surface area (Å²) in [5, 5.41) is 6.16. The molecule has 1 aliphatic rings. The van der Waals surface area contributed by atoms with E-state index in [1.54, 1.807) is 12.1 Å². The van der Waals surface area contributed by atoms with E-state index < -0.39 is 0 Å². The Morgan fingerprint density at radius 2 is 2.07 bits per heavy atom. The molecule has 0 fully saturated rings. The molecule has 27 heavy (non-hydrogen) atoms. The topological polar surface area (TPSA) is 77.2 Å². The third-order valence-corrected chi connectivity index (χ3v) is 4.42. The van der Waals surface area contributed by atoms with Gasteiger partial charge < -0.3 is 15.2 Å². The molecule has 2 aromatic rings. The number of carbonyl (C=O) groups is 1. The lowest BCUT2D eigenvalue weighted by Gasteiger charge is -2.24. The lowest BCUT2D eigenvalue weighted by atomic mass is 10.0. The third-order valence-electron chi connectivity index (χ3n) is 4.42. The second-order valence-electron chi connectivity index (χ2n) is 6.39. The van der Waals surface area contributed by atoms with Gasteiger partial charge in [0.2, 0.25) is 5.91 Å². The van der Waals surface area contributed by atoms with E-state index in [9.17, 15) is 4.79 Å². The maximum Gasteiger partial charge on any atom is 0.247 e. The van der Waals surface area contributed by atoms with Crippen LogP contribution in [-0.4, -0.2) is 36.9 Å². The number of nitrogen functional groups attached to an aromatic ring is 1. The van der Waals surface area contributed by atoms with E-state index in [2.05, 4.69) is 5.10 Å². The monoisotopic (exact) mass is 367 g/mol. The summed E-state index contributed by atoms with van der Waals surface area (Å²) in [5.41, 5.74) is 9.18. The molecule has 1 heterocycles. The van der Waals surface area contributed by atoms with E-state index in [0.29, 0.717) is 30.3 Å². The van der Waals surface area contributed by atoms with Crippen molar-refractivity contribution in [1.82, 2.24) is 5.01 Å². The lowest BCUT2D eigenvalue weighted by molar-refractivity contribution is -0.130. The maximum absolute atomic E-state index is 12.7. The van der Waals surface area contributed by atoms with Crippen LogP contribution < -0.4 is 15.2 Å². The van der Waals surface area contributed by atoms with Crippen LogP contribution >= 0.6 is 0 Å². The number of hydrogen-bond donors (Lipinski definition) is 1. The van der Waals surface area contributed by atoms with Crippen molar-refractivity contribution in [3.05, 3.63) is 53.6 Å². The summed E-state index contributed by atoms with van der Waals surface area (Å²) >= 11 is 0. The molecule has 0 radical (unpaired) electrons. The Morgan fingerprint density at radius 3 is 2.81 bits per heavy atom. The fourth-order valence-electron chi connectivity index (χ4n) is 3.12. The highest BCUT2D eigenvalue weighted by atomic mass is 16.5. The second-order valence-corrected chi connectivity index (χ2v) is 6.39. The summed E-state index contributed by atoms with van der Waals surface area (Å²) in [5.74, 6) is 1.34. The van der Waals surface area contributed by atoms with Crippen molar-refractivity contribution in [3.8, 4) is 11.5 Å². The molecule has 0 atom stereocenters. The minimum absolute atomic E-state index is 0.0312. The van der Waals surface area contributed by atoms with Gasteiger partial charge in [-0.05, 0) is 55.7 Å². The number of anilines is 1. The van der Waals surface area contributed by atoms with E-state index in [4.69, 9.17) is 15.2 Å². The summed E-state index contributed by atoms with van der Waals surface area (Å²) in [6.45, 7) is 3.11. The van der Waals surface area contributed by atoms with Crippen molar-refractivity contribution in [2.45, 2.75) is 26.2 Å². The van der Waals surface area contributed by atoms with Crippen molar-refractivity contribution >= 4 is 17.3 Å². The van der Waals surface area contributed by atoms with Gasteiger partial charge in [0.15, 0.2) is 11.5 Å². The quantitative estimate of drug-likeness (QED) is 0.795. The fraction of sp³-hybridized carbons (Fsp3) is 0.333. The highest BCUT2D eigenvalue weighted by Gasteiger charge is 2.20. The number of ether oxygens (including phenoxy) is 2. The zero-order valence-electron chi connectivity index (χ0n) is 15.8. The Kier molecular flexibility index (Phi) is 5.96. The zero-order valence-corrected chi connectivity index (χ0v) is 15.8. The number of hydrogen-bond acceptors (Lipinski definition) is 5. The van der Waals surface area contributed by atoms with Gasteiger partial charge in [0.1, 0.15) is 0 Å². The van der Waals surface area contributed by atoms with E-state index >= 15 is 0 Å². The average molecular weight is 367 g/mol. The highest BCUT2D eigenvalue weighted by molar-refractivity contribution is 6.02. The first-order valence-corrected chi connectivity index (χ1v) is 9.14. The lowest BCUT2D eigenvalue weighted by Crippen LogP contribution is -2.33. The first kappa shape index (κ1) is 18.8. The third kappa shape index (κ3) is 4.58. The van der Waals surface area contributed by atoms with Crippen molar-refractivity contribution in [2.75, 3.05) is 26.0 Å². The number of amides is 1. The molecule has 6 heteroatoms. The fourth-order valence-corrected chi connectivity index (χ4v) is 3.12. The van der Waals surface area contributed by atoms with Gasteiger partial charge in [0, 0.05) is 17.8 Å². The van der Waals surface area contributed by atoms with Gasteiger partial charge in [0.05, 0.1) is 25.8 Å². The Balaban J connectivity index is 1.79. The molecule has 0 saturated carbocycles. The largest absolute Gasteiger partial charge is 0.493 e. The second kappa shape index (κ2) is 8.58. The molecule has 1 amide bonds. The van der Waals surface area contributed by atoms with Crippen molar-refractivity contribution in [2.24, 2.45) is 5.10 Å². The number of hydrazone groups is 1. The minimum Gasteiger partial charge on any atom is -0.493 e. The Morgan fingerprint density at radius 1 is 1.22 bits per heavy atom. The first-order chi connectivity index (χ1) is 13.1. The van der Waals surface area contributed by atoms with Gasteiger partial charge >= 0.3 is 0 Å². The van der Waals surface area contributed by atoms with Crippen LogP contribution in [0.1, 0.15) is 30.9 Å². The number of nitrogens with two attached hydrogens (primary N) is 1. The molecule has 3 rings (SSSR count). The molecule has 1 aliphatic heterocycles. The van der Waals surface area contributed by atoms with Gasteiger partial charge in [-0.2, -0.15) is 5.10 Å². The minimum atomic E-state index is -0.0312. The number of carbonyl (C=O) groups excluding carboxylic acids is 1. The average Bonchev–Trinajstić information content (AvgIpc) is 2.68. The molecular weight excluding hydrogens is 342 g/mol. The van der Waals surface area contributed by atoms with E-state index in [1.165, 1.54) is 0 Å². The summed E-state index contributed by atoms with van der Waals surface area (Å²) in [6, 6.07) is 13.1. The van der Waals surface area contributed by atoms with Gasteiger partial charge in [-0.1, -0.05) is 12.1 Å². The van der Waals surface area contributed by atoms with Crippen LogP contribution in [-0.2, 0) is 11.2 Å². The molecule has 6 nitrogen and oxygen atoms in total. The van der Waals surface area contributed by atoms with Crippen LogP contribution in [0.3, 0.4) is 0 Å². The van der Waals surface area contributed by atoms with Crippen molar-refractivity contribution in [1.29, 1.82) is 0 Å². The maximum atomic E-state index is 12.7. The van der Waals surface area contributed by atoms with Crippen LogP contribution in [0.2, 0.25) is 0 Å². The van der Waals surface area contributed by atoms with Crippen LogP contribution in [0.25, 0.3) is 0 Å². The summed E-state index contributed by atoms with van der Waals surface area (Å²) in [6.07, 6.45) is 1.98. The molecule has 0 aliphatic carbocycles. The summed E-state index contributed by atoms with van der Waals surface area (Å²) < 4.78 is 11.0. The van der Waals surface area contributed by atoms with Crippen molar-refractivity contribution in [3.63, 3.8) is 0 Å². The Labute approximate surface area is 159 Å². The predicted octanol–water partition coefficient (Wildman–Crippen LogP) is 3.25. The van der Waals surface area contributed by atoms with Crippen LogP contribution in [0.15, 0.2) is 47.6 Å². The molecule has 2 N–H and O–H groups in total.